The Labute approximate surface area is 149 Å². The molecule has 1 N–H and O–H groups in total. The third kappa shape index (κ3) is 6.55. The van der Waals surface area contributed by atoms with Gasteiger partial charge in [0.2, 0.25) is 0 Å². The van der Waals surface area contributed by atoms with Gasteiger partial charge in [0.1, 0.15) is 6.04 Å². The van der Waals surface area contributed by atoms with Gasteiger partial charge in [-0.2, -0.15) is 0 Å². The van der Waals surface area contributed by atoms with Crippen LogP contribution in [0.4, 0.5) is 0 Å². The largest absolute Gasteiger partial charge is 0.467 e. The Morgan fingerprint density at radius 1 is 1.22 bits per heavy atom. The van der Waals surface area contributed by atoms with Crippen LogP contribution in [-0.2, 0) is 19.1 Å². The van der Waals surface area contributed by atoms with Crippen molar-refractivity contribution in [1.82, 2.24) is 5.32 Å². The molecule has 0 bridgehead atoms. The first-order valence-electron chi connectivity index (χ1n) is 7.14. The summed E-state index contributed by atoms with van der Waals surface area (Å²) in [5.41, 5.74) is 0.396. The third-order valence-corrected chi connectivity index (χ3v) is 3.90. The molecule has 1 atom stereocenters. The number of carbonyl (C=O) groups excluding carboxylic acids is 3. The van der Waals surface area contributed by atoms with Gasteiger partial charge in [-0.3, -0.25) is 4.79 Å². The molecule has 1 unspecified atom stereocenters. The third-order valence-electron chi connectivity index (χ3n) is 2.96. The number of carbonyl (C=O) groups is 3. The topological polar surface area (TPSA) is 81.7 Å². The van der Waals surface area contributed by atoms with Crippen LogP contribution in [0.1, 0.15) is 30.6 Å². The Morgan fingerprint density at radius 2 is 1.87 bits per heavy atom. The fraction of sp³-hybridized carbons (Fsp3) is 0.438. The number of esters is 2. The molecule has 1 aromatic rings. The Balaban J connectivity index is 2.56. The Hall–Kier alpha value is -1.64. The van der Waals surface area contributed by atoms with Crippen molar-refractivity contribution in [3.05, 3.63) is 33.4 Å². The van der Waals surface area contributed by atoms with E-state index in [1.165, 1.54) is 7.11 Å². The molecule has 0 aliphatic carbocycles. The highest BCUT2D eigenvalue weighted by atomic mass is 127. The highest BCUT2D eigenvalue weighted by Crippen LogP contribution is 2.12. The normalized spacial score (nSPS) is 11.7. The summed E-state index contributed by atoms with van der Waals surface area (Å²) in [5.74, 6) is -1.44. The molecule has 7 heteroatoms. The Kier molecular flexibility index (Phi) is 8.01. The second-order valence-corrected chi connectivity index (χ2v) is 6.49. The van der Waals surface area contributed by atoms with Gasteiger partial charge in [0.15, 0.2) is 6.61 Å². The molecule has 1 rings (SSSR count). The molecule has 0 aliphatic rings. The van der Waals surface area contributed by atoms with E-state index in [0.29, 0.717) is 12.0 Å². The average molecular weight is 433 g/mol. The van der Waals surface area contributed by atoms with Crippen LogP contribution in [0, 0.1) is 9.49 Å². The van der Waals surface area contributed by atoms with Gasteiger partial charge < -0.3 is 14.8 Å². The van der Waals surface area contributed by atoms with E-state index in [9.17, 15) is 14.4 Å². The first kappa shape index (κ1) is 19.4. The summed E-state index contributed by atoms with van der Waals surface area (Å²) in [7, 11) is 1.26. The SMILES string of the molecule is COC(=O)C(CC(C)C)NC(=O)COC(=O)c1ccccc1I. The van der Waals surface area contributed by atoms with Crippen molar-refractivity contribution in [2.24, 2.45) is 5.92 Å². The molecular formula is C16H20INO5. The minimum atomic E-state index is -0.747. The maximum Gasteiger partial charge on any atom is 0.339 e. The standard InChI is InChI=1S/C16H20INO5/c1-10(2)8-13(16(21)22-3)18-14(19)9-23-15(20)11-6-4-5-7-12(11)17/h4-7,10,13H,8-9H2,1-3H3,(H,18,19). The predicted octanol–water partition coefficient (Wildman–Crippen LogP) is 2.15. The van der Waals surface area contributed by atoms with Gasteiger partial charge in [0, 0.05) is 3.57 Å². The number of benzene rings is 1. The Morgan fingerprint density at radius 3 is 2.43 bits per heavy atom. The summed E-state index contributed by atoms with van der Waals surface area (Å²) in [6.07, 6.45) is 0.447. The lowest BCUT2D eigenvalue weighted by atomic mass is 10.0. The van der Waals surface area contributed by atoms with E-state index in [1.54, 1.807) is 24.3 Å². The molecule has 0 spiro atoms. The molecular weight excluding hydrogens is 413 g/mol. The number of rotatable bonds is 7. The monoisotopic (exact) mass is 433 g/mol. The molecule has 23 heavy (non-hydrogen) atoms. The zero-order valence-corrected chi connectivity index (χ0v) is 15.5. The van der Waals surface area contributed by atoms with Crippen LogP contribution >= 0.6 is 22.6 Å². The Bertz CT molecular complexity index is 573. The van der Waals surface area contributed by atoms with Gasteiger partial charge in [0.25, 0.3) is 5.91 Å². The van der Waals surface area contributed by atoms with Crippen molar-refractivity contribution in [1.29, 1.82) is 0 Å². The van der Waals surface area contributed by atoms with E-state index in [-0.39, 0.29) is 5.92 Å². The number of methoxy groups -OCH3 is 1. The summed E-state index contributed by atoms with van der Waals surface area (Å²) in [6, 6.07) is 6.17. The van der Waals surface area contributed by atoms with E-state index < -0.39 is 30.5 Å². The van der Waals surface area contributed by atoms with Crippen molar-refractivity contribution in [2.75, 3.05) is 13.7 Å². The number of ether oxygens (including phenoxy) is 2. The number of amides is 1. The predicted molar refractivity (Wildman–Crippen MR) is 92.8 cm³/mol. The lowest BCUT2D eigenvalue weighted by molar-refractivity contribution is -0.145. The first-order valence-corrected chi connectivity index (χ1v) is 8.21. The van der Waals surface area contributed by atoms with Gasteiger partial charge in [-0.1, -0.05) is 26.0 Å². The van der Waals surface area contributed by atoms with Crippen molar-refractivity contribution >= 4 is 40.4 Å². The maximum atomic E-state index is 11.9. The lowest BCUT2D eigenvalue weighted by Gasteiger charge is -2.18. The van der Waals surface area contributed by atoms with Gasteiger partial charge in [0.05, 0.1) is 12.7 Å². The quantitative estimate of drug-likeness (QED) is 0.527. The molecule has 0 fully saturated rings. The molecule has 0 radical (unpaired) electrons. The summed E-state index contributed by atoms with van der Waals surface area (Å²) in [5, 5.41) is 2.53. The second-order valence-electron chi connectivity index (χ2n) is 5.33. The summed E-state index contributed by atoms with van der Waals surface area (Å²) in [4.78, 5) is 35.4. The number of halogens is 1. The number of hydrogen-bond acceptors (Lipinski definition) is 5. The van der Waals surface area contributed by atoms with Crippen molar-refractivity contribution < 1.29 is 23.9 Å². The van der Waals surface area contributed by atoms with Gasteiger partial charge in [-0.25, -0.2) is 9.59 Å². The number of hydrogen-bond donors (Lipinski definition) is 1. The zero-order chi connectivity index (χ0) is 17.4. The molecule has 0 saturated heterocycles. The van der Waals surface area contributed by atoms with Crippen molar-refractivity contribution in [3.8, 4) is 0 Å². The molecule has 6 nitrogen and oxygen atoms in total. The van der Waals surface area contributed by atoms with E-state index in [0.717, 1.165) is 3.57 Å². The van der Waals surface area contributed by atoms with Crippen LogP contribution in [-0.4, -0.2) is 37.6 Å². The van der Waals surface area contributed by atoms with Gasteiger partial charge in [-0.05, 0) is 47.1 Å². The van der Waals surface area contributed by atoms with Crippen molar-refractivity contribution in [3.63, 3.8) is 0 Å². The fourth-order valence-corrected chi connectivity index (χ4v) is 2.51. The molecule has 0 aromatic heterocycles. The average Bonchev–Trinajstić information content (AvgIpc) is 2.51. The van der Waals surface area contributed by atoms with E-state index in [1.807, 2.05) is 36.4 Å². The van der Waals surface area contributed by atoms with Crippen LogP contribution in [0.15, 0.2) is 24.3 Å². The fourth-order valence-electron chi connectivity index (χ4n) is 1.90. The first-order chi connectivity index (χ1) is 10.8. The lowest BCUT2D eigenvalue weighted by Crippen LogP contribution is -2.44. The van der Waals surface area contributed by atoms with E-state index >= 15 is 0 Å². The van der Waals surface area contributed by atoms with Gasteiger partial charge in [-0.15, -0.1) is 0 Å². The minimum absolute atomic E-state index is 0.202. The van der Waals surface area contributed by atoms with Crippen molar-refractivity contribution in [2.45, 2.75) is 26.3 Å². The van der Waals surface area contributed by atoms with Crippen LogP contribution in [0.3, 0.4) is 0 Å². The second kappa shape index (κ2) is 9.49. The molecule has 0 saturated carbocycles. The smallest absolute Gasteiger partial charge is 0.339 e. The van der Waals surface area contributed by atoms with Crippen LogP contribution in [0.25, 0.3) is 0 Å². The maximum absolute atomic E-state index is 11.9. The van der Waals surface area contributed by atoms with E-state index in [4.69, 9.17) is 4.74 Å². The summed E-state index contributed by atoms with van der Waals surface area (Å²) >= 11 is 2.02. The molecule has 1 amide bonds. The molecule has 1 aromatic carbocycles. The van der Waals surface area contributed by atoms with Crippen LogP contribution in [0.5, 0.6) is 0 Å². The highest BCUT2D eigenvalue weighted by molar-refractivity contribution is 14.1. The van der Waals surface area contributed by atoms with Crippen LogP contribution < -0.4 is 5.32 Å². The minimum Gasteiger partial charge on any atom is -0.467 e. The molecule has 0 aliphatic heterocycles. The molecule has 0 heterocycles. The summed E-state index contributed by atoms with van der Waals surface area (Å²) in [6.45, 7) is 3.41. The molecule has 126 valence electrons. The number of nitrogens with one attached hydrogen (secondary N) is 1. The summed E-state index contributed by atoms with van der Waals surface area (Å²) < 4.78 is 10.4. The van der Waals surface area contributed by atoms with Gasteiger partial charge >= 0.3 is 11.9 Å². The van der Waals surface area contributed by atoms with Crippen LogP contribution in [0.2, 0.25) is 0 Å². The zero-order valence-electron chi connectivity index (χ0n) is 13.3. The highest BCUT2D eigenvalue weighted by Gasteiger charge is 2.23. The van der Waals surface area contributed by atoms with E-state index in [2.05, 4.69) is 10.1 Å².